The van der Waals surface area contributed by atoms with Gasteiger partial charge in [0.1, 0.15) is 16.3 Å². The molecule has 0 unspecified atom stereocenters. The Kier molecular flexibility index (Phi) is 3.01. The summed E-state index contributed by atoms with van der Waals surface area (Å²) >= 11 is 5.87. The van der Waals surface area contributed by atoms with Gasteiger partial charge in [-0.3, -0.25) is 0 Å². The topological polar surface area (TPSA) is 59.0 Å². The molecular formula is C10H11ClN2O3S. The summed E-state index contributed by atoms with van der Waals surface area (Å²) in [6.45, 7) is 1.93. The number of aliphatic imine (C=N–C) groups is 1. The summed E-state index contributed by atoms with van der Waals surface area (Å²) in [4.78, 5) is 4.18. The Bertz CT molecular complexity index is 583. The van der Waals surface area contributed by atoms with Crippen LogP contribution in [0.5, 0.6) is 5.75 Å². The molecule has 0 fully saturated rings. The second kappa shape index (κ2) is 4.19. The van der Waals surface area contributed by atoms with Gasteiger partial charge in [0.2, 0.25) is 5.29 Å². The van der Waals surface area contributed by atoms with Gasteiger partial charge in [-0.15, -0.1) is 0 Å². The number of methoxy groups -OCH3 is 1. The summed E-state index contributed by atoms with van der Waals surface area (Å²) in [7, 11) is -2.17. The summed E-state index contributed by atoms with van der Waals surface area (Å²) in [6, 6.07) is 4.74. The molecule has 92 valence electrons. The molecule has 0 atom stereocenters. The Labute approximate surface area is 105 Å². The van der Waals surface area contributed by atoms with E-state index in [-0.39, 0.29) is 22.4 Å². The van der Waals surface area contributed by atoms with Crippen LogP contribution in [-0.2, 0) is 10.0 Å². The Morgan fingerprint density at radius 1 is 1.47 bits per heavy atom. The molecule has 17 heavy (non-hydrogen) atoms. The maximum atomic E-state index is 12.2. The van der Waals surface area contributed by atoms with E-state index in [0.717, 1.165) is 4.31 Å². The molecule has 0 radical (unpaired) electrons. The molecule has 0 amide bonds. The lowest BCUT2D eigenvalue weighted by atomic mass is 10.3. The van der Waals surface area contributed by atoms with Crippen LogP contribution < -0.4 is 4.74 Å². The first-order chi connectivity index (χ1) is 8.02. The van der Waals surface area contributed by atoms with Crippen molar-refractivity contribution in [1.82, 2.24) is 4.31 Å². The third-order valence-corrected chi connectivity index (χ3v) is 4.73. The molecule has 1 aromatic rings. The van der Waals surface area contributed by atoms with Crippen molar-refractivity contribution in [2.45, 2.75) is 11.8 Å². The van der Waals surface area contributed by atoms with E-state index in [2.05, 4.69) is 4.99 Å². The van der Waals surface area contributed by atoms with Gasteiger partial charge >= 0.3 is 0 Å². The summed E-state index contributed by atoms with van der Waals surface area (Å²) in [5, 5.41) is -0.0653. The molecular weight excluding hydrogens is 264 g/mol. The number of nitrogens with zero attached hydrogens (tertiary/aromatic N) is 2. The number of halogens is 1. The minimum Gasteiger partial charge on any atom is -0.494 e. The molecule has 5 nitrogen and oxygen atoms in total. The van der Waals surface area contributed by atoms with E-state index in [4.69, 9.17) is 16.3 Å². The molecule has 1 heterocycles. The number of hydrogen-bond donors (Lipinski definition) is 0. The van der Waals surface area contributed by atoms with Crippen LogP contribution in [0.3, 0.4) is 0 Å². The Morgan fingerprint density at radius 2 is 2.18 bits per heavy atom. The van der Waals surface area contributed by atoms with E-state index in [1.807, 2.05) is 0 Å². The predicted octanol–water partition coefficient (Wildman–Crippen LogP) is 1.95. The van der Waals surface area contributed by atoms with Crippen LogP contribution in [0.4, 0.5) is 5.69 Å². The standard InChI is InChI=1S/C10H11ClN2O3S/c1-3-13-10(11)12-9-7(16-2)5-4-6-8(9)17(13,14)15/h4-6H,3H2,1-2H3. The maximum Gasteiger partial charge on any atom is 0.268 e. The second-order valence-electron chi connectivity index (χ2n) is 3.36. The number of fused-ring (bicyclic) bond motifs is 1. The highest BCUT2D eigenvalue weighted by atomic mass is 35.5. The lowest BCUT2D eigenvalue weighted by molar-refractivity contribution is 0.414. The van der Waals surface area contributed by atoms with E-state index in [1.54, 1.807) is 19.1 Å². The van der Waals surface area contributed by atoms with Crippen LogP contribution >= 0.6 is 11.6 Å². The normalized spacial score (nSPS) is 17.4. The largest absolute Gasteiger partial charge is 0.494 e. The van der Waals surface area contributed by atoms with Crippen LogP contribution in [0.2, 0.25) is 0 Å². The van der Waals surface area contributed by atoms with Crippen molar-refractivity contribution in [2.24, 2.45) is 4.99 Å². The lowest BCUT2D eigenvalue weighted by Gasteiger charge is -2.26. The van der Waals surface area contributed by atoms with Gasteiger partial charge in [-0.1, -0.05) is 6.07 Å². The zero-order valence-electron chi connectivity index (χ0n) is 9.34. The quantitative estimate of drug-likeness (QED) is 0.775. The van der Waals surface area contributed by atoms with Gasteiger partial charge in [-0.25, -0.2) is 17.7 Å². The molecule has 1 aliphatic heterocycles. The average molecular weight is 275 g/mol. The molecule has 0 bridgehead atoms. The van der Waals surface area contributed by atoms with Crippen LogP contribution in [0.25, 0.3) is 0 Å². The van der Waals surface area contributed by atoms with Crippen LogP contribution in [-0.4, -0.2) is 31.7 Å². The third-order valence-electron chi connectivity index (χ3n) is 2.45. The SMILES string of the molecule is CCN1C(Cl)=Nc2c(OC)cccc2S1(=O)=O. The maximum absolute atomic E-state index is 12.2. The van der Waals surface area contributed by atoms with Crippen molar-refractivity contribution in [2.75, 3.05) is 13.7 Å². The van der Waals surface area contributed by atoms with E-state index >= 15 is 0 Å². The first-order valence-corrected chi connectivity index (χ1v) is 6.78. The Morgan fingerprint density at radius 3 is 2.76 bits per heavy atom. The van der Waals surface area contributed by atoms with Crippen molar-refractivity contribution in [1.29, 1.82) is 0 Å². The van der Waals surface area contributed by atoms with Crippen molar-refractivity contribution in [3.05, 3.63) is 18.2 Å². The van der Waals surface area contributed by atoms with Gasteiger partial charge in [-0.2, -0.15) is 0 Å². The molecule has 0 spiro atoms. The molecule has 0 N–H and O–H groups in total. The Hall–Kier alpha value is -1.27. The number of rotatable bonds is 2. The molecule has 0 saturated carbocycles. The summed E-state index contributed by atoms with van der Waals surface area (Å²) < 4.78 is 30.6. The number of sulfonamides is 1. The highest BCUT2D eigenvalue weighted by Crippen LogP contribution is 2.39. The number of benzene rings is 1. The summed E-state index contributed by atoms with van der Waals surface area (Å²) in [5.41, 5.74) is 0.254. The summed E-state index contributed by atoms with van der Waals surface area (Å²) in [6.07, 6.45) is 0. The molecule has 0 aliphatic carbocycles. The zero-order valence-corrected chi connectivity index (χ0v) is 10.9. The minimum absolute atomic E-state index is 0.0653. The van der Waals surface area contributed by atoms with Gasteiger partial charge in [0.05, 0.1) is 7.11 Å². The first kappa shape index (κ1) is 12.2. The average Bonchev–Trinajstić information content (AvgIpc) is 2.28. The number of hydrogen-bond acceptors (Lipinski definition) is 4. The highest BCUT2D eigenvalue weighted by molar-refractivity contribution is 7.90. The molecule has 7 heteroatoms. The molecule has 1 aromatic carbocycles. The smallest absolute Gasteiger partial charge is 0.268 e. The fraction of sp³-hybridized carbons (Fsp3) is 0.300. The predicted molar refractivity (Wildman–Crippen MR) is 65.5 cm³/mol. The van der Waals surface area contributed by atoms with Gasteiger partial charge in [0, 0.05) is 6.54 Å². The molecule has 1 aliphatic rings. The Balaban J connectivity index is 2.76. The molecule has 2 rings (SSSR count). The zero-order chi connectivity index (χ0) is 12.6. The van der Waals surface area contributed by atoms with Crippen molar-refractivity contribution in [3.8, 4) is 5.75 Å². The number of ether oxygens (including phenoxy) is 1. The minimum atomic E-state index is -3.62. The summed E-state index contributed by atoms with van der Waals surface area (Å²) in [5.74, 6) is 0.389. The molecule has 0 aromatic heterocycles. The fourth-order valence-electron chi connectivity index (χ4n) is 1.65. The van der Waals surface area contributed by atoms with Gasteiger partial charge in [0.15, 0.2) is 0 Å². The van der Waals surface area contributed by atoms with Crippen molar-refractivity contribution in [3.63, 3.8) is 0 Å². The van der Waals surface area contributed by atoms with Crippen LogP contribution in [0.1, 0.15) is 6.92 Å². The molecule has 0 saturated heterocycles. The van der Waals surface area contributed by atoms with E-state index in [1.165, 1.54) is 13.2 Å². The second-order valence-corrected chi connectivity index (χ2v) is 5.53. The first-order valence-electron chi connectivity index (χ1n) is 4.96. The van der Waals surface area contributed by atoms with Crippen LogP contribution in [0, 0.1) is 0 Å². The van der Waals surface area contributed by atoms with E-state index in [0.29, 0.717) is 5.75 Å². The van der Waals surface area contributed by atoms with Crippen molar-refractivity contribution >= 4 is 32.6 Å². The number of amidine groups is 1. The monoisotopic (exact) mass is 274 g/mol. The number of para-hydroxylation sites is 1. The fourth-order valence-corrected chi connectivity index (χ4v) is 3.59. The van der Waals surface area contributed by atoms with Gasteiger partial charge in [-0.05, 0) is 30.7 Å². The van der Waals surface area contributed by atoms with E-state index < -0.39 is 10.0 Å². The lowest BCUT2D eigenvalue weighted by Crippen LogP contribution is -2.36. The third kappa shape index (κ3) is 1.77. The van der Waals surface area contributed by atoms with E-state index in [9.17, 15) is 8.42 Å². The van der Waals surface area contributed by atoms with Crippen molar-refractivity contribution < 1.29 is 13.2 Å². The van der Waals surface area contributed by atoms with Gasteiger partial charge < -0.3 is 4.74 Å². The van der Waals surface area contributed by atoms with Gasteiger partial charge in [0.25, 0.3) is 10.0 Å². The van der Waals surface area contributed by atoms with Crippen LogP contribution in [0.15, 0.2) is 28.1 Å². The highest BCUT2D eigenvalue weighted by Gasteiger charge is 2.33.